The molecule has 4 aromatic rings. The topological polar surface area (TPSA) is 54.9 Å². The lowest BCUT2D eigenvalue weighted by molar-refractivity contribution is 0.0984. The van der Waals surface area contributed by atoms with Gasteiger partial charge in [0.25, 0.3) is 5.91 Å². The van der Waals surface area contributed by atoms with Gasteiger partial charge in [-0.05, 0) is 36.3 Å². The first-order chi connectivity index (χ1) is 16.7. The van der Waals surface area contributed by atoms with Crippen molar-refractivity contribution < 1.29 is 14.3 Å². The molecule has 0 saturated heterocycles. The van der Waals surface area contributed by atoms with E-state index in [1.54, 1.807) is 4.90 Å². The minimum absolute atomic E-state index is 0.0501. The van der Waals surface area contributed by atoms with Crippen molar-refractivity contribution in [2.45, 2.75) is 13.8 Å². The molecule has 0 bridgehead atoms. The van der Waals surface area contributed by atoms with E-state index in [0.717, 1.165) is 46.7 Å². The van der Waals surface area contributed by atoms with Crippen LogP contribution in [0.25, 0.3) is 21.3 Å². The van der Waals surface area contributed by atoms with E-state index < -0.39 is 0 Å². The highest BCUT2D eigenvalue weighted by Crippen LogP contribution is 2.40. The molecule has 0 aliphatic carbocycles. The fourth-order valence-electron chi connectivity index (χ4n) is 4.08. The third kappa shape index (κ3) is 4.49. The van der Waals surface area contributed by atoms with E-state index in [9.17, 15) is 4.79 Å². The van der Waals surface area contributed by atoms with Crippen LogP contribution in [0.15, 0.2) is 66.7 Å². The summed E-state index contributed by atoms with van der Waals surface area (Å²) in [6, 6.07) is 21.8. The number of aromatic nitrogens is 1. The van der Waals surface area contributed by atoms with E-state index in [1.807, 2.05) is 54.6 Å². The molecule has 3 aromatic carbocycles. The Morgan fingerprint density at radius 2 is 1.59 bits per heavy atom. The van der Waals surface area contributed by atoms with Crippen molar-refractivity contribution in [3.8, 4) is 22.6 Å². The Labute approximate surface area is 203 Å². The van der Waals surface area contributed by atoms with Gasteiger partial charge in [-0.3, -0.25) is 9.69 Å². The minimum Gasteiger partial charge on any atom is -0.454 e. The maximum atomic E-state index is 13.7. The van der Waals surface area contributed by atoms with Gasteiger partial charge in [-0.15, -0.1) is 0 Å². The molecule has 0 fully saturated rings. The number of nitrogens with zero attached hydrogens (tertiary/aromatic N) is 3. The quantitative estimate of drug-likeness (QED) is 0.330. The summed E-state index contributed by atoms with van der Waals surface area (Å²) < 4.78 is 12.0. The zero-order valence-corrected chi connectivity index (χ0v) is 20.2. The molecule has 0 atom stereocenters. The predicted octanol–water partition coefficient (Wildman–Crippen LogP) is 5.68. The van der Waals surface area contributed by atoms with Crippen molar-refractivity contribution in [2.75, 3.05) is 37.9 Å². The number of carbonyl (C=O) groups excluding carboxylic acids is 1. The number of amides is 1. The number of ether oxygens (including phenoxy) is 2. The Morgan fingerprint density at radius 1 is 0.912 bits per heavy atom. The number of thiazole rings is 1. The fourth-order valence-corrected chi connectivity index (χ4v) is 5.08. The third-order valence-corrected chi connectivity index (χ3v) is 7.16. The van der Waals surface area contributed by atoms with E-state index >= 15 is 0 Å². The summed E-state index contributed by atoms with van der Waals surface area (Å²) in [6.07, 6.45) is 0. The SMILES string of the molecule is CCN(CC)CCN(C(=O)c1ccc(-c2ccccc2)cc1)c1nc2cc3c(cc2s1)OCO3. The number of carbonyl (C=O) groups is 1. The molecular formula is C27H27N3O3S. The Bertz CT molecular complexity index is 1240. The molecule has 1 aliphatic heterocycles. The third-order valence-electron chi connectivity index (χ3n) is 6.12. The Morgan fingerprint density at radius 3 is 2.29 bits per heavy atom. The summed E-state index contributed by atoms with van der Waals surface area (Å²) in [5, 5.41) is 0.683. The fraction of sp³-hybridized carbons (Fsp3) is 0.259. The van der Waals surface area contributed by atoms with Gasteiger partial charge in [-0.2, -0.15) is 0 Å². The summed E-state index contributed by atoms with van der Waals surface area (Å²) in [5.74, 6) is 1.37. The number of benzene rings is 3. The highest BCUT2D eigenvalue weighted by Gasteiger charge is 2.24. The van der Waals surface area contributed by atoms with Gasteiger partial charge in [0.15, 0.2) is 16.6 Å². The van der Waals surface area contributed by atoms with Crippen LogP contribution in [-0.4, -0.2) is 48.8 Å². The number of hydrogen-bond acceptors (Lipinski definition) is 6. The van der Waals surface area contributed by atoms with Crippen LogP contribution >= 0.6 is 11.3 Å². The Hall–Kier alpha value is -3.42. The lowest BCUT2D eigenvalue weighted by atomic mass is 10.0. The molecule has 0 radical (unpaired) electrons. The molecule has 0 N–H and O–H groups in total. The van der Waals surface area contributed by atoms with Crippen LogP contribution in [0.5, 0.6) is 11.5 Å². The summed E-state index contributed by atoms with van der Waals surface area (Å²) >= 11 is 1.50. The zero-order chi connectivity index (χ0) is 23.5. The first-order valence-electron chi connectivity index (χ1n) is 11.6. The van der Waals surface area contributed by atoms with Crippen LogP contribution in [0.4, 0.5) is 5.13 Å². The molecular weight excluding hydrogens is 446 g/mol. The molecule has 34 heavy (non-hydrogen) atoms. The first-order valence-corrected chi connectivity index (χ1v) is 12.4. The molecule has 1 aromatic heterocycles. The first kappa shape index (κ1) is 22.4. The molecule has 6 nitrogen and oxygen atoms in total. The average Bonchev–Trinajstić information content (AvgIpc) is 3.51. The number of fused-ring (bicyclic) bond motifs is 2. The monoisotopic (exact) mass is 473 g/mol. The van der Waals surface area contributed by atoms with Crippen LogP contribution in [0.1, 0.15) is 24.2 Å². The van der Waals surface area contributed by atoms with Gasteiger partial charge in [-0.1, -0.05) is 67.6 Å². The van der Waals surface area contributed by atoms with Gasteiger partial charge < -0.3 is 14.4 Å². The highest BCUT2D eigenvalue weighted by molar-refractivity contribution is 7.22. The molecule has 0 spiro atoms. The van der Waals surface area contributed by atoms with Crippen molar-refractivity contribution in [2.24, 2.45) is 0 Å². The van der Waals surface area contributed by atoms with Crippen molar-refractivity contribution in [1.29, 1.82) is 0 Å². The second-order valence-corrected chi connectivity index (χ2v) is 9.11. The van der Waals surface area contributed by atoms with Gasteiger partial charge in [0.05, 0.1) is 10.2 Å². The number of likely N-dealkylation sites (N-methyl/N-ethyl adjacent to an activating group) is 1. The van der Waals surface area contributed by atoms with E-state index in [-0.39, 0.29) is 12.7 Å². The second kappa shape index (κ2) is 9.83. The van der Waals surface area contributed by atoms with Crippen molar-refractivity contribution in [1.82, 2.24) is 9.88 Å². The summed E-state index contributed by atoms with van der Waals surface area (Å²) in [7, 11) is 0. The Kier molecular flexibility index (Phi) is 6.47. The lowest BCUT2D eigenvalue weighted by Gasteiger charge is -2.24. The summed E-state index contributed by atoms with van der Waals surface area (Å²) in [6.45, 7) is 7.71. The molecule has 1 aliphatic rings. The Balaban J connectivity index is 1.45. The molecule has 2 heterocycles. The number of hydrogen-bond donors (Lipinski definition) is 0. The smallest absolute Gasteiger partial charge is 0.260 e. The van der Waals surface area contributed by atoms with Crippen LogP contribution in [0, 0.1) is 0 Å². The van der Waals surface area contributed by atoms with Crippen LogP contribution in [0.2, 0.25) is 0 Å². The summed E-state index contributed by atoms with van der Waals surface area (Å²) in [4.78, 5) is 22.6. The van der Waals surface area contributed by atoms with E-state index in [4.69, 9.17) is 14.5 Å². The standard InChI is InChI=1S/C27H27N3O3S/c1-3-29(4-2)14-15-30(27-28-22-16-23-24(33-18-32-23)17-25(22)34-27)26(31)21-12-10-20(11-13-21)19-8-6-5-7-9-19/h5-13,16-17H,3-4,14-15,18H2,1-2H3. The highest BCUT2D eigenvalue weighted by atomic mass is 32.1. The number of anilines is 1. The van der Waals surface area contributed by atoms with Crippen LogP contribution in [0.3, 0.4) is 0 Å². The molecule has 174 valence electrons. The largest absolute Gasteiger partial charge is 0.454 e. The normalized spacial score (nSPS) is 12.4. The van der Waals surface area contributed by atoms with Crippen molar-refractivity contribution in [3.05, 3.63) is 72.3 Å². The van der Waals surface area contributed by atoms with Gasteiger partial charge in [0.2, 0.25) is 6.79 Å². The molecule has 0 unspecified atom stereocenters. The predicted molar refractivity (Wildman–Crippen MR) is 137 cm³/mol. The summed E-state index contributed by atoms with van der Waals surface area (Å²) in [5.41, 5.74) is 3.67. The second-order valence-electron chi connectivity index (χ2n) is 8.10. The van der Waals surface area contributed by atoms with Crippen LogP contribution < -0.4 is 14.4 Å². The van der Waals surface area contributed by atoms with Gasteiger partial charge in [0, 0.05) is 30.8 Å². The number of rotatable bonds is 8. The van der Waals surface area contributed by atoms with E-state index in [1.165, 1.54) is 11.3 Å². The van der Waals surface area contributed by atoms with Crippen LogP contribution in [-0.2, 0) is 0 Å². The van der Waals surface area contributed by atoms with E-state index in [2.05, 4.69) is 30.9 Å². The van der Waals surface area contributed by atoms with E-state index in [0.29, 0.717) is 23.0 Å². The molecule has 1 amide bonds. The van der Waals surface area contributed by atoms with Gasteiger partial charge in [0.1, 0.15) is 0 Å². The molecule has 5 rings (SSSR count). The van der Waals surface area contributed by atoms with Crippen molar-refractivity contribution in [3.63, 3.8) is 0 Å². The van der Waals surface area contributed by atoms with Gasteiger partial charge >= 0.3 is 0 Å². The van der Waals surface area contributed by atoms with Crippen molar-refractivity contribution >= 4 is 32.6 Å². The van der Waals surface area contributed by atoms with Gasteiger partial charge in [-0.25, -0.2) is 4.98 Å². The maximum Gasteiger partial charge on any atom is 0.260 e. The zero-order valence-electron chi connectivity index (χ0n) is 19.4. The maximum absolute atomic E-state index is 13.7. The lowest BCUT2D eigenvalue weighted by Crippen LogP contribution is -2.38. The minimum atomic E-state index is -0.0501. The molecule has 7 heteroatoms. The molecule has 0 saturated carbocycles. The average molecular weight is 474 g/mol.